The highest BCUT2D eigenvalue weighted by atomic mass is 32.1. The fraction of sp³-hybridized carbons (Fsp3) is 0.286. The van der Waals surface area contributed by atoms with Gasteiger partial charge in [-0.15, -0.1) is 11.3 Å². The third kappa shape index (κ3) is 2.24. The first-order chi connectivity index (χ1) is 9.16. The Balaban J connectivity index is 2.01. The van der Waals surface area contributed by atoms with Crippen molar-refractivity contribution >= 4 is 28.7 Å². The predicted molar refractivity (Wildman–Crippen MR) is 82.3 cm³/mol. The Morgan fingerprint density at radius 2 is 2.16 bits per heavy atom. The number of aromatic nitrogens is 1. The second-order valence-electron chi connectivity index (χ2n) is 4.69. The van der Waals surface area contributed by atoms with E-state index in [0.717, 1.165) is 10.8 Å². The van der Waals surface area contributed by atoms with Gasteiger partial charge in [0.2, 0.25) is 0 Å². The third-order valence-corrected chi connectivity index (χ3v) is 4.87. The average Bonchev–Trinajstić information content (AvgIpc) is 2.96. The summed E-state index contributed by atoms with van der Waals surface area (Å²) in [5.74, 6) is 0. The van der Waals surface area contributed by atoms with Crippen LogP contribution in [0.3, 0.4) is 0 Å². The van der Waals surface area contributed by atoms with Crippen LogP contribution in [-0.4, -0.2) is 22.0 Å². The van der Waals surface area contributed by atoms with E-state index in [1.54, 1.807) is 0 Å². The van der Waals surface area contributed by atoms with Crippen molar-refractivity contribution in [3.05, 3.63) is 52.0 Å². The highest BCUT2D eigenvalue weighted by molar-refractivity contribution is 7.80. The van der Waals surface area contributed by atoms with Crippen molar-refractivity contribution in [2.45, 2.75) is 19.0 Å². The molecule has 2 atom stereocenters. The molecule has 0 aliphatic carbocycles. The quantitative estimate of drug-likeness (QED) is 0.860. The SMILES string of the molecule is Cc1ccc([C@@H]2[C@H](c3ccccn3)NC(=S)N2C)s1. The van der Waals surface area contributed by atoms with Crippen LogP contribution in [-0.2, 0) is 0 Å². The maximum absolute atomic E-state index is 5.39. The van der Waals surface area contributed by atoms with Crippen LogP contribution in [0, 0.1) is 6.92 Å². The molecule has 1 saturated heterocycles. The number of nitrogens with zero attached hydrogens (tertiary/aromatic N) is 2. The minimum absolute atomic E-state index is 0.122. The molecule has 2 aromatic rings. The Bertz CT molecular complexity index is 594. The third-order valence-electron chi connectivity index (χ3n) is 3.39. The lowest BCUT2D eigenvalue weighted by molar-refractivity contribution is 0.374. The normalized spacial score (nSPS) is 22.6. The molecule has 0 spiro atoms. The molecule has 2 aromatic heterocycles. The first kappa shape index (κ1) is 12.6. The number of hydrogen-bond donors (Lipinski definition) is 1. The second kappa shape index (κ2) is 4.90. The molecule has 98 valence electrons. The van der Waals surface area contributed by atoms with Gasteiger partial charge in [-0.05, 0) is 43.4 Å². The number of likely N-dealkylation sites (N-methyl/N-ethyl adjacent to an activating group) is 1. The van der Waals surface area contributed by atoms with E-state index < -0.39 is 0 Å². The van der Waals surface area contributed by atoms with Gasteiger partial charge in [0.05, 0.1) is 17.8 Å². The lowest BCUT2D eigenvalue weighted by atomic mass is 10.0. The summed E-state index contributed by atoms with van der Waals surface area (Å²) in [6, 6.07) is 10.7. The highest BCUT2D eigenvalue weighted by Crippen LogP contribution is 2.39. The Kier molecular flexibility index (Phi) is 3.24. The van der Waals surface area contributed by atoms with Gasteiger partial charge < -0.3 is 10.2 Å². The van der Waals surface area contributed by atoms with Crippen molar-refractivity contribution in [3.8, 4) is 0 Å². The molecule has 0 bridgehead atoms. The van der Waals surface area contributed by atoms with E-state index in [9.17, 15) is 0 Å². The molecule has 3 rings (SSSR count). The monoisotopic (exact) mass is 289 g/mol. The van der Waals surface area contributed by atoms with Crippen LogP contribution in [0.15, 0.2) is 36.5 Å². The van der Waals surface area contributed by atoms with Crippen LogP contribution in [0.25, 0.3) is 0 Å². The van der Waals surface area contributed by atoms with Crippen molar-refractivity contribution in [1.82, 2.24) is 15.2 Å². The van der Waals surface area contributed by atoms with Crippen LogP contribution in [0.4, 0.5) is 0 Å². The summed E-state index contributed by atoms with van der Waals surface area (Å²) in [4.78, 5) is 9.24. The molecule has 0 unspecified atom stereocenters. The lowest BCUT2D eigenvalue weighted by Gasteiger charge is -2.22. The standard InChI is InChI=1S/C14H15N3S2/c1-9-6-7-11(19-9)13-12(16-14(18)17(13)2)10-5-3-4-8-15-10/h3-8,12-13H,1-2H3,(H,16,18)/t12-,13+/m0/s1. The number of hydrogen-bond acceptors (Lipinski definition) is 3. The van der Waals surface area contributed by atoms with Gasteiger partial charge in [-0.3, -0.25) is 4.98 Å². The molecular weight excluding hydrogens is 274 g/mol. The van der Waals surface area contributed by atoms with Gasteiger partial charge in [0, 0.05) is 23.0 Å². The summed E-state index contributed by atoms with van der Waals surface area (Å²) < 4.78 is 0. The van der Waals surface area contributed by atoms with E-state index in [4.69, 9.17) is 12.2 Å². The summed E-state index contributed by atoms with van der Waals surface area (Å²) >= 11 is 7.21. The van der Waals surface area contributed by atoms with Crippen molar-refractivity contribution in [2.24, 2.45) is 0 Å². The Hall–Kier alpha value is -1.46. The van der Waals surface area contributed by atoms with Crippen LogP contribution in [0.5, 0.6) is 0 Å². The molecule has 1 N–H and O–H groups in total. The number of rotatable bonds is 2. The molecule has 1 aliphatic rings. The van der Waals surface area contributed by atoms with Gasteiger partial charge >= 0.3 is 0 Å². The summed E-state index contributed by atoms with van der Waals surface area (Å²) in [6.07, 6.45) is 1.83. The number of thiocarbonyl (C=S) groups is 1. The molecule has 0 saturated carbocycles. The molecule has 3 nitrogen and oxygen atoms in total. The Morgan fingerprint density at radius 1 is 1.32 bits per heavy atom. The summed E-state index contributed by atoms with van der Waals surface area (Å²) in [5, 5.41) is 4.16. The smallest absolute Gasteiger partial charge is 0.169 e. The van der Waals surface area contributed by atoms with Gasteiger partial charge in [-0.2, -0.15) is 0 Å². The minimum Gasteiger partial charge on any atom is -0.352 e. The molecule has 0 aromatic carbocycles. The van der Waals surface area contributed by atoms with Crippen molar-refractivity contribution in [1.29, 1.82) is 0 Å². The van der Waals surface area contributed by atoms with E-state index in [1.807, 2.05) is 42.8 Å². The maximum Gasteiger partial charge on any atom is 0.169 e. The van der Waals surface area contributed by atoms with Crippen LogP contribution in [0.2, 0.25) is 0 Å². The number of pyridine rings is 1. The molecule has 1 fully saturated rings. The zero-order chi connectivity index (χ0) is 13.4. The van der Waals surface area contributed by atoms with Gasteiger partial charge in [-0.1, -0.05) is 6.07 Å². The Labute approximate surface area is 122 Å². The number of thiophene rings is 1. The van der Waals surface area contributed by atoms with Crippen molar-refractivity contribution < 1.29 is 0 Å². The zero-order valence-electron chi connectivity index (χ0n) is 10.8. The largest absolute Gasteiger partial charge is 0.352 e. The molecule has 0 amide bonds. The van der Waals surface area contributed by atoms with Gasteiger partial charge in [0.15, 0.2) is 5.11 Å². The second-order valence-corrected chi connectivity index (χ2v) is 6.39. The van der Waals surface area contributed by atoms with Crippen LogP contribution >= 0.6 is 23.6 Å². The summed E-state index contributed by atoms with van der Waals surface area (Å²) in [7, 11) is 2.04. The molecule has 19 heavy (non-hydrogen) atoms. The van der Waals surface area contributed by atoms with Gasteiger partial charge in [0.25, 0.3) is 0 Å². The first-order valence-electron chi connectivity index (χ1n) is 6.17. The average molecular weight is 289 g/mol. The van der Waals surface area contributed by atoms with E-state index in [2.05, 4.69) is 34.3 Å². The van der Waals surface area contributed by atoms with Gasteiger partial charge in [-0.25, -0.2) is 0 Å². The lowest BCUT2D eigenvalue weighted by Crippen LogP contribution is -2.24. The maximum atomic E-state index is 5.39. The van der Waals surface area contributed by atoms with E-state index in [1.165, 1.54) is 9.75 Å². The first-order valence-corrected chi connectivity index (χ1v) is 7.40. The van der Waals surface area contributed by atoms with E-state index >= 15 is 0 Å². The molecule has 0 radical (unpaired) electrons. The van der Waals surface area contributed by atoms with Gasteiger partial charge in [0.1, 0.15) is 0 Å². The fourth-order valence-electron chi connectivity index (χ4n) is 2.43. The minimum atomic E-state index is 0.122. The number of aryl methyl sites for hydroxylation is 1. The van der Waals surface area contributed by atoms with Crippen LogP contribution in [0.1, 0.15) is 27.5 Å². The van der Waals surface area contributed by atoms with E-state index in [-0.39, 0.29) is 12.1 Å². The topological polar surface area (TPSA) is 28.2 Å². The highest BCUT2D eigenvalue weighted by Gasteiger charge is 2.38. The summed E-state index contributed by atoms with van der Waals surface area (Å²) in [5.41, 5.74) is 1.03. The Morgan fingerprint density at radius 3 is 2.79 bits per heavy atom. The molecule has 1 aliphatic heterocycles. The predicted octanol–water partition coefficient (Wildman–Crippen LogP) is 3.05. The van der Waals surface area contributed by atoms with E-state index in [0.29, 0.717) is 0 Å². The van der Waals surface area contributed by atoms with Crippen molar-refractivity contribution in [3.63, 3.8) is 0 Å². The molecule has 5 heteroatoms. The molecule has 3 heterocycles. The zero-order valence-corrected chi connectivity index (χ0v) is 12.5. The van der Waals surface area contributed by atoms with Crippen LogP contribution < -0.4 is 5.32 Å². The van der Waals surface area contributed by atoms with Crippen molar-refractivity contribution in [2.75, 3.05) is 7.05 Å². The number of nitrogens with one attached hydrogen (secondary N) is 1. The fourth-order valence-corrected chi connectivity index (χ4v) is 3.73. The molecular formula is C14H15N3S2. The summed E-state index contributed by atoms with van der Waals surface area (Å²) in [6.45, 7) is 2.13.